The number of fused-ring (bicyclic) bond motifs is 1. The van der Waals surface area contributed by atoms with E-state index < -0.39 is 52.4 Å². The molecule has 12 nitrogen and oxygen atoms in total. The first kappa shape index (κ1) is 23.8. The van der Waals surface area contributed by atoms with Crippen molar-refractivity contribution < 1.29 is 43.2 Å². The number of hydrogen-bond donors (Lipinski definition) is 1. The summed E-state index contributed by atoms with van der Waals surface area (Å²) in [5.74, 6) is -2.93. The zero-order chi connectivity index (χ0) is 24.3. The molecule has 4 rings (SSSR count). The number of likely N-dealkylation sites (tertiary alicyclic amines) is 1. The van der Waals surface area contributed by atoms with Gasteiger partial charge in [-0.3, -0.25) is 14.5 Å². The van der Waals surface area contributed by atoms with Crippen molar-refractivity contribution in [2.75, 3.05) is 19.5 Å². The van der Waals surface area contributed by atoms with Crippen LogP contribution < -0.4 is 5.73 Å². The Balaban J connectivity index is 1.91. The van der Waals surface area contributed by atoms with Gasteiger partial charge in [-0.1, -0.05) is 0 Å². The largest absolute Gasteiger partial charge is 0.461 e. The van der Waals surface area contributed by atoms with Crippen molar-refractivity contribution in [1.82, 2.24) is 9.80 Å². The topological polar surface area (TPSA) is 154 Å². The summed E-state index contributed by atoms with van der Waals surface area (Å²) in [7, 11) is 1.42. The number of carbonyl (C=O) groups excluding carboxylic acids is 4. The monoisotopic (exact) mass is 485 g/mol. The number of ether oxygens (including phenoxy) is 3. The molecular weight excluding hydrogens is 458 g/mol. The summed E-state index contributed by atoms with van der Waals surface area (Å²) in [5.41, 5.74) is 3.65. The zero-order valence-electron chi connectivity index (χ0n) is 19.0. The molecule has 2 N–H and O–H groups in total. The van der Waals surface area contributed by atoms with Crippen molar-refractivity contribution in [1.29, 1.82) is 0 Å². The quantitative estimate of drug-likeness (QED) is 0.253. The Morgan fingerprint density at radius 3 is 2.42 bits per heavy atom. The standard InChI is InChI=1S/C20H27N3O9S/c1-10(24)29-8-11-9-33-15-12(28-5)14(25)22(15)13(11)19(16(26)30-18(2,3)4)6-7-20(31-32-20)23(19)17(21)27/h12,15H,6-9H2,1-5H3,(H2,21,27)/t12-,15?,19-/m0/s1. The molecule has 13 heteroatoms. The Labute approximate surface area is 194 Å². The van der Waals surface area contributed by atoms with Gasteiger partial charge in [0.05, 0.1) is 5.70 Å². The van der Waals surface area contributed by atoms with Crippen molar-refractivity contribution in [3.63, 3.8) is 0 Å². The highest BCUT2D eigenvalue weighted by Gasteiger charge is 2.75. The number of esters is 2. The molecule has 3 saturated heterocycles. The minimum Gasteiger partial charge on any atom is -0.461 e. The third kappa shape index (κ3) is 3.66. The summed E-state index contributed by atoms with van der Waals surface area (Å²) in [6.45, 7) is 6.13. The van der Waals surface area contributed by atoms with E-state index >= 15 is 0 Å². The van der Waals surface area contributed by atoms with Gasteiger partial charge >= 0.3 is 23.9 Å². The predicted octanol–water partition coefficient (Wildman–Crippen LogP) is 0.604. The highest BCUT2D eigenvalue weighted by Crippen LogP contribution is 2.57. The van der Waals surface area contributed by atoms with Crippen LogP contribution in [0.5, 0.6) is 0 Å². The molecule has 1 spiro atoms. The summed E-state index contributed by atoms with van der Waals surface area (Å²) in [6, 6.07) is -0.985. The molecule has 3 atom stereocenters. The van der Waals surface area contributed by atoms with Crippen LogP contribution in [0, 0.1) is 0 Å². The van der Waals surface area contributed by atoms with Crippen LogP contribution in [0.3, 0.4) is 0 Å². The summed E-state index contributed by atoms with van der Waals surface area (Å²) >= 11 is 1.40. The normalized spacial score (nSPS) is 30.2. The minimum absolute atomic E-state index is 0.0164. The number of hydrogen-bond acceptors (Lipinski definition) is 10. The molecule has 0 radical (unpaired) electrons. The summed E-state index contributed by atoms with van der Waals surface area (Å²) in [6.07, 6.45) is -0.586. The number of methoxy groups -OCH3 is 1. The van der Waals surface area contributed by atoms with Crippen molar-refractivity contribution >= 4 is 35.6 Å². The second-order valence-corrected chi connectivity index (χ2v) is 10.3. The Kier molecular flexibility index (Phi) is 5.67. The maximum atomic E-state index is 13.8. The summed E-state index contributed by atoms with van der Waals surface area (Å²) < 4.78 is 16.3. The molecule has 182 valence electrons. The van der Waals surface area contributed by atoms with Crippen LogP contribution in [-0.4, -0.2) is 81.7 Å². The van der Waals surface area contributed by atoms with E-state index in [1.54, 1.807) is 20.8 Å². The van der Waals surface area contributed by atoms with Gasteiger partial charge in [0.1, 0.15) is 17.6 Å². The van der Waals surface area contributed by atoms with E-state index in [0.717, 1.165) is 4.90 Å². The van der Waals surface area contributed by atoms with Crippen LogP contribution in [-0.2, 0) is 38.4 Å². The van der Waals surface area contributed by atoms with Crippen molar-refractivity contribution in [2.45, 2.75) is 69.1 Å². The van der Waals surface area contributed by atoms with Gasteiger partial charge < -0.3 is 19.9 Å². The molecule has 4 aliphatic heterocycles. The molecule has 0 saturated carbocycles. The molecule has 4 aliphatic rings. The van der Waals surface area contributed by atoms with Gasteiger partial charge in [-0.2, -0.15) is 9.78 Å². The minimum atomic E-state index is -1.83. The van der Waals surface area contributed by atoms with Crippen LogP contribution in [0.1, 0.15) is 40.5 Å². The number of rotatable bonds is 5. The van der Waals surface area contributed by atoms with Crippen molar-refractivity contribution in [2.24, 2.45) is 5.73 Å². The number of nitrogens with two attached hydrogens (primary N) is 1. The van der Waals surface area contributed by atoms with E-state index in [4.69, 9.17) is 29.7 Å². The lowest BCUT2D eigenvalue weighted by molar-refractivity contribution is -0.172. The van der Waals surface area contributed by atoms with Gasteiger partial charge in [-0.05, 0) is 32.8 Å². The number of nitrogens with zero attached hydrogens (tertiary/aromatic N) is 2. The van der Waals surface area contributed by atoms with Crippen LogP contribution in [0.15, 0.2) is 11.3 Å². The Morgan fingerprint density at radius 2 is 1.91 bits per heavy atom. The van der Waals surface area contributed by atoms with Crippen LogP contribution >= 0.6 is 11.8 Å². The van der Waals surface area contributed by atoms with Gasteiger partial charge in [0, 0.05) is 26.2 Å². The first-order chi connectivity index (χ1) is 15.4. The van der Waals surface area contributed by atoms with Crippen LogP contribution in [0.2, 0.25) is 0 Å². The summed E-state index contributed by atoms with van der Waals surface area (Å²) in [5, 5.41) is -0.440. The van der Waals surface area contributed by atoms with E-state index in [1.807, 2.05) is 0 Å². The lowest BCUT2D eigenvalue weighted by atomic mass is 9.85. The molecule has 3 fully saturated rings. The first-order valence-electron chi connectivity index (χ1n) is 10.4. The van der Waals surface area contributed by atoms with Crippen LogP contribution in [0.25, 0.3) is 0 Å². The van der Waals surface area contributed by atoms with Crippen molar-refractivity contribution in [3.05, 3.63) is 11.3 Å². The lowest BCUT2D eigenvalue weighted by Crippen LogP contribution is -2.72. The molecule has 1 unspecified atom stereocenters. The highest BCUT2D eigenvalue weighted by molar-refractivity contribution is 8.00. The predicted molar refractivity (Wildman–Crippen MR) is 112 cm³/mol. The number of thioether (sulfide) groups is 1. The number of carbonyl (C=O) groups is 4. The fraction of sp³-hybridized carbons (Fsp3) is 0.700. The molecule has 4 heterocycles. The fourth-order valence-corrected chi connectivity index (χ4v) is 5.91. The summed E-state index contributed by atoms with van der Waals surface area (Å²) in [4.78, 5) is 63.8. The third-order valence-corrected chi connectivity index (χ3v) is 7.17. The number of amides is 3. The van der Waals surface area contributed by atoms with Gasteiger partial charge in [-0.15, -0.1) is 11.8 Å². The lowest BCUT2D eigenvalue weighted by Gasteiger charge is -2.54. The Morgan fingerprint density at radius 1 is 1.24 bits per heavy atom. The average Bonchev–Trinajstić information content (AvgIpc) is 3.38. The number of urea groups is 1. The molecule has 0 bridgehead atoms. The SMILES string of the molecule is CO[C@H]1C(=O)N2C([C@]3(C(=O)OC(C)(C)C)CCC4(OO4)N3C(N)=O)=C(COC(C)=O)CSC12. The maximum Gasteiger partial charge on any atom is 0.339 e. The first-order valence-corrected chi connectivity index (χ1v) is 11.5. The third-order valence-electron chi connectivity index (χ3n) is 5.85. The molecular formula is C20H27N3O9S. The average molecular weight is 486 g/mol. The second-order valence-electron chi connectivity index (χ2n) is 9.21. The number of β-lactam (4-membered cyclic amide) rings is 1. The fourth-order valence-electron chi connectivity index (χ4n) is 4.56. The van der Waals surface area contributed by atoms with Crippen LogP contribution in [0.4, 0.5) is 4.79 Å². The molecule has 0 aromatic carbocycles. The Hall–Kier alpha value is -2.35. The van der Waals surface area contributed by atoms with E-state index in [0.29, 0.717) is 11.3 Å². The van der Waals surface area contributed by atoms with E-state index in [9.17, 15) is 19.2 Å². The molecule has 3 amide bonds. The van der Waals surface area contributed by atoms with Gasteiger partial charge in [-0.25, -0.2) is 14.5 Å². The Bertz CT molecular complexity index is 942. The highest BCUT2D eigenvalue weighted by atomic mass is 32.2. The van der Waals surface area contributed by atoms with E-state index in [-0.39, 0.29) is 25.1 Å². The number of primary amides is 1. The van der Waals surface area contributed by atoms with Gasteiger partial charge in [0.15, 0.2) is 11.6 Å². The molecule has 33 heavy (non-hydrogen) atoms. The zero-order valence-corrected chi connectivity index (χ0v) is 19.9. The van der Waals surface area contributed by atoms with Gasteiger partial charge in [0.2, 0.25) is 0 Å². The van der Waals surface area contributed by atoms with E-state index in [1.165, 1.54) is 30.7 Å². The second kappa shape index (κ2) is 7.86. The molecule has 0 aliphatic carbocycles. The molecule has 0 aromatic heterocycles. The smallest absolute Gasteiger partial charge is 0.339 e. The molecule has 0 aromatic rings. The van der Waals surface area contributed by atoms with Gasteiger partial charge in [0.25, 0.3) is 5.91 Å². The maximum absolute atomic E-state index is 13.8. The van der Waals surface area contributed by atoms with E-state index in [2.05, 4.69) is 0 Å². The van der Waals surface area contributed by atoms with Crippen molar-refractivity contribution in [3.8, 4) is 0 Å².